The van der Waals surface area contributed by atoms with E-state index in [-0.39, 0.29) is 17.9 Å². The van der Waals surface area contributed by atoms with Crippen LogP contribution < -0.4 is 0 Å². The van der Waals surface area contributed by atoms with Crippen molar-refractivity contribution in [3.8, 4) is 0 Å². The molecule has 0 aromatic carbocycles. The van der Waals surface area contributed by atoms with Crippen LogP contribution in [0.15, 0.2) is 5.16 Å². The van der Waals surface area contributed by atoms with Crippen molar-refractivity contribution in [1.29, 1.82) is 0 Å². The van der Waals surface area contributed by atoms with E-state index in [0.717, 1.165) is 12.1 Å². The van der Waals surface area contributed by atoms with Crippen molar-refractivity contribution >= 4 is 11.6 Å². The molecule has 0 bridgehead atoms. The predicted molar refractivity (Wildman–Crippen MR) is 65.3 cm³/mol. The molecule has 5 heteroatoms. The summed E-state index contributed by atoms with van der Waals surface area (Å²) in [5, 5.41) is 12.0. The summed E-state index contributed by atoms with van der Waals surface area (Å²) in [6.07, 6.45) is 2.06. The normalized spacial score (nSPS) is 25.0. The average molecular weight is 242 g/mol. The van der Waals surface area contributed by atoms with Crippen molar-refractivity contribution in [1.82, 2.24) is 4.90 Å². The third-order valence-corrected chi connectivity index (χ3v) is 3.35. The molecular weight excluding hydrogens is 220 g/mol. The maximum Gasteiger partial charge on any atom is 0.222 e. The van der Waals surface area contributed by atoms with Gasteiger partial charge in [-0.3, -0.25) is 4.79 Å². The van der Waals surface area contributed by atoms with Crippen LogP contribution in [0, 0.1) is 5.92 Å². The van der Waals surface area contributed by atoms with E-state index in [0.29, 0.717) is 25.9 Å². The fourth-order valence-corrected chi connectivity index (χ4v) is 2.00. The van der Waals surface area contributed by atoms with Crippen LogP contribution in [-0.2, 0) is 9.53 Å². The zero-order valence-electron chi connectivity index (χ0n) is 10.8. The zero-order chi connectivity index (χ0) is 12.8. The molecule has 98 valence electrons. The topological polar surface area (TPSA) is 62.1 Å². The fourth-order valence-electron chi connectivity index (χ4n) is 2.00. The maximum absolute atomic E-state index is 11.9. The summed E-state index contributed by atoms with van der Waals surface area (Å²) in [6.45, 7) is 5.25. The van der Waals surface area contributed by atoms with Crippen LogP contribution in [0.4, 0.5) is 0 Å². The first-order chi connectivity index (χ1) is 8.08. The molecule has 1 rings (SSSR count). The molecule has 1 amide bonds. The van der Waals surface area contributed by atoms with Gasteiger partial charge in [0.05, 0.1) is 11.8 Å². The molecule has 2 atom stereocenters. The molecule has 0 aliphatic carbocycles. The van der Waals surface area contributed by atoms with Gasteiger partial charge in [-0.25, -0.2) is 0 Å². The van der Waals surface area contributed by atoms with Gasteiger partial charge < -0.3 is 14.8 Å². The molecule has 2 unspecified atom stereocenters. The highest BCUT2D eigenvalue weighted by atomic mass is 16.5. The number of oxime groups is 1. The molecular formula is C12H22N2O3. The number of amides is 1. The molecule has 0 saturated carbocycles. The van der Waals surface area contributed by atoms with Crippen LogP contribution in [0.1, 0.15) is 33.1 Å². The van der Waals surface area contributed by atoms with Crippen molar-refractivity contribution in [3.05, 3.63) is 0 Å². The second-order valence-electron chi connectivity index (χ2n) is 4.67. The van der Waals surface area contributed by atoms with Crippen molar-refractivity contribution in [3.63, 3.8) is 0 Å². The van der Waals surface area contributed by atoms with Crippen LogP contribution >= 0.6 is 0 Å². The first kappa shape index (κ1) is 14.0. The summed E-state index contributed by atoms with van der Waals surface area (Å²) < 4.78 is 5.12. The highest BCUT2D eigenvalue weighted by Gasteiger charge is 2.25. The summed E-state index contributed by atoms with van der Waals surface area (Å²) in [5.74, 6) is 0.315. The van der Waals surface area contributed by atoms with Gasteiger partial charge >= 0.3 is 0 Å². The van der Waals surface area contributed by atoms with E-state index in [1.807, 2.05) is 18.7 Å². The number of hydrogen-bond donors (Lipinski definition) is 1. The van der Waals surface area contributed by atoms with Crippen molar-refractivity contribution in [2.24, 2.45) is 11.1 Å². The van der Waals surface area contributed by atoms with E-state index in [1.165, 1.54) is 0 Å². The summed E-state index contributed by atoms with van der Waals surface area (Å²) in [6, 6.07) is 0. The highest BCUT2D eigenvalue weighted by molar-refractivity contribution is 5.89. The Morgan fingerprint density at radius 2 is 2.41 bits per heavy atom. The van der Waals surface area contributed by atoms with Crippen molar-refractivity contribution in [2.75, 3.05) is 20.2 Å². The van der Waals surface area contributed by atoms with Crippen LogP contribution in [0.5, 0.6) is 0 Å². The number of methoxy groups -OCH3 is 1. The molecule has 0 aromatic rings. The quantitative estimate of drug-likeness (QED) is 0.600. The van der Waals surface area contributed by atoms with E-state index in [1.54, 1.807) is 7.11 Å². The number of ether oxygens (including phenoxy) is 1. The van der Waals surface area contributed by atoms with Gasteiger partial charge in [0.15, 0.2) is 0 Å². The standard InChI is InChI=1S/C12H22N2O3/c1-9-8-14(7-6-11(9)13-16)12(15)5-4-10(2)17-3/h9-10,16H,4-8H2,1-3H3. The first-order valence-corrected chi connectivity index (χ1v) is 6.09. The fraction of sp³-hybridized carbons (Fsp3) is 0.833. The van der Waals surface area contributed by atoms with Crippen LogP contribution in [0.25, 0.3) is 0 Å². The second-order valence-corrected chi connectivity index (χ2v) is 4.67. The van der Waals surface area contributed by atoms with Gasteiger partial charge in [0.1, 0.15) is 0 Å². The van der Waals surface area contributed by atoms with Crippen LogP contribution in [0.3, 0.4) is 0 Å². The predicted octanol–water partition coefficient (Wildman–Crippen LogP) is 1.50. The number of likely N-dealkylation sites (tertiary alicyclic amines) is 1. The van der Waals surface area contributed by atoms with E-state index in [9.17, 15) is 4.79 Å². The largest absolute Gasteiger partial charge is 0.411 e. The number of carbonyl (C=O) groups is 1. The molecule has 5 nitrogen and oxygen atoms in total. The Kier molecular flexibility index (Phi) is 5.41. The lowest BCUT2D eigenvalue weighted by Crippen LogP contribution is -2.43. The summed E-state index contributed by atoms with van der Waals surface area (Å²) in [4.78, 5) is 13.8. The minimum Gasteiger partial charge on any atom is -0.411 e. The monoisotopic (exact) mass is 242 g/mol. The second kappa shape index (κ2) is 6.59. The van der Waals surface area contributed by atoms with E-state index in [4.69, 9.17) is 9.94 Å². The number of hydrogen-bond acceptors (Lipinski definition) is 4. The average Bonchev–Trinajstić information content (AvgIpc) is 2.35. The molecule has 17 heavy (non-hydrogen) atoms. The molecule has 0 spiro atoms. The molecule has 1 fully saturated rings. The van der Waals surface area contributed by atoms with Crippen molar-refractivity contribution < 1.29 is 14.7 Å². The Bertz CT molecular complexity index is 291. The minimum absolute atomic E-state index is 0.121. The SMILES string of the molecule is COC(C)CCC(=O)N1CCC(=NO)C(C)C1. The Balaban J connectivity index is 2.39. The Labute approximate surface area is 102 Å². The van der Waals surface area contributed by atoms with Gasteiger partial charge in [-0.15, -0.1) is 0 Å². The first-order valence-electron chi connectivity index (χ1n) is 6.09. The number of carbonyl (C=O) groups excluding carboxylic acids is 1. The third kappa shape index (κ3) is 4.00. The molecule has 0 radical (unpaired) electrons. The number of nitrogens with zero attached hydrogens (tertiary/aromatic N) is 2. The Hall–Kier alpha value is -1.10. The van der Waals surface area contributed by atoms with E-state index < -0.39 is 0 Å². The molecule has 1 N–H and O–H groups in total. The molecule has 1 aliphatic heterocycles. The van der Waals surface area contributed by atoms with E-state index in [2.05, 4.69) is 5.16 Å². The van der Waals surface area contributed by atoms with E-state index >= 15 is 0 Å². The number of piperidine rings is 1. The molecule has 1 heterocycles. The lowest BCUT2D eigenvalue weighted by molar-refractivity contribution is -0.132. The van der Waals surface area contributed by atoms with Gasteiger partial charge in [0.25, 0.3) is 0 Å². The van der Waals surface area contributed by atoms with Gasteiger partial charge in [-0.2, -0.15) is 0 Å². The van der Waals surface area contributed by atoms with Gasteiger partial charge in [0.2, 0.25) is 5.91 Å². The molecule has 1 aliphatic rings. The van der Waals surface area contributed by atoms with Crippen LogP contribution in [-0.4, -0.2) is 48.0 Å². The van der Waals surface area contributed by atoms with Gasteiger partial charge in [-0.1, -0.05) is 12.1 Å². The van der Waals surface area contributed by atoms with Gasteiger partial charge in [-0.05, 0) is 13.3 Å². The molecule has 1 saturated heterocycles. The smallest absolute Gasteiger partial charge is 0.222 e. The maximum atomic E-state index is 11.9. The summed E-state index contributed by atoms with van der Waals surface area (Å²) in [7, 11) is 1.65. The zero-order valence-corrected chi connectivity index (χ0v) is 10.8. The lowest BCUT2D eigenvalue weighted by Gasteiger charge is -2.31. The highest BCUT2D eigenvalue weighted by Crippen LogP contribution is 2.15. The van der Waals surface area contributed by atoms with Crippen LogP contribution in [0.2, 0.25) is 0 Å². The van der Waals surface area contributed by atoms with Crippen molar-refractivity contribution in [2.45, 2.75) is 39.2 Å². The Morgan fingerprint density at radius 1 is 1.71 bits per heavy atom. The third-order valence-electron chi connectivity index (χ3n) is 3.35. The summed E-state index contributed by atoms with van der Waals surface area (Å²) in [5.41, 5.74) is 0.791. The Morgan fingerprint density at radius 3 is 2.94 bits per heavy atom. The molecule has 0 aromatic heterocycles. The number of rotatable bonds is 4. The summed E-state index contributed by atoms with van der Waals surface area (Å²) >= 11 is 0. The van der Waals surface area contributed by atoms with Gasteiger partial charge in [0, 0.05) is 39.0 Å². The lowest BCUT2D eigenvalue weighted by atomic mass is 9.97. The minimum atomic E-state index is 0.121.